The molecule has 1 aromatic heterocycles. The Morgan fingerprint density at radius 1 is 1.50 bits per heavy atom. The molecule has 0 fully saturated rings. The van der Waals surface area contributed by atoms with E-state index < -0.39 is 10.0 Å². The molecule has 0 saturated carbocycles. The van der Waals surface area contributed by atoms with E-state index in [-0.39, 0.29) is 5.75 Å². The number of aryl methyl sites for hydroxylation is 2. The quantitative estimate of drug-likeness (QED) is 0.806. The summed E-state index contributed by atoms with van der Waals surface area (Å²) in [5.41, 5.74) is 6.73. The SMILES string of the molecule is CCCCS(=O)(=O)Nc1c(N)c(C)nn1C. The average Bonchev–Trinajstić information content (AvgIpc) is 2.42. The summed E-state index contributed by atoms with van der Waals surface area (Å²) < 4.78 is 27.2. The molecule has 0 aliphatic rings. The Bertz CT molecular complexity index is 464. The van der Waals surface area contributed by atoms with E-state index in [2.05, 4.69) is 9.82 Å². The summed E-state index contributed by atoms with van der Waals surface area (Å²) in [5.74, 6) is 0.446. The van der Waals surface area contributed by atoms with Gasteiger partial charge in [-0.15, -0.1) is 0 Å². The molecular formula is C9H18N4O2S. The lowest BCUT2D eigenvalue weighted by Crippen LogP contribution is -2.19. The first-order valence-corrected chi connectivity index (χ1v) is 6.82. The van der Waals surface area contributed by atoms with Crippen LogP contribution in [-0.2, 0) is 17.1 Å². The van der Waals surface area contributed by atoms with Crippen molar-refractivity contribution in [3.63, 3.8) is 0 Å². The molecule has 0 aromatic carbocycles. The van der Waals surface area contributed by atoms with Gasteiger partial charge in [0.05, 0.1) is 17.1 Å². The van der Waals surface area contributed by atoms with Gasteiger partial charge in [-0.05, 0) is 13.3 Å². The van der Waals surface area contributed by atoms with Crippen LogP contribution in [0.1, 0.15) is 25.5 Å². The third-order valence-corrected chi connectivity index (χ3v) is 3.62. The number of unbranched alkanes of at least 4 members (excludes halogenated alkanes) is 1. The molecule has 0 radical (unpaired) electrons. The van der Waals surface area contributed by atoms with Crippen molar-refractivity contribution in [2.45, 2.75) is 26.7 Å². The maximum atomic E-state index is 11.7. The molecule has 0 spiro atoms. The van der Waals surface area contributed by atoms with E-state index in [1.54, 1.807) is 14.0 Å². The summed E-state index contributed by atoms with van der Waals surface area (Å²) in [7, 11) is -1.67. The van der Waals surface area contributed by atoms with Crippen LogP contribution >= 0.6 is 0 Å². The minimum atomic E-state index is -3.32. The van der Waals surface area contributed by atoms with Crippen LogP contribution in [0.2, 0.25) is 0 Å². The molecule has 0 saturated heterocycles. The predicted molar refractivity (Wildman–Crippen MR) is 64.7 cm³/mol. The third-order valence-electron chi connectivity index (χ3n) is 2.29. The summed E-state index contributed by atoms with van der Waals surface area (Å²) in [4.78, 5) is 0. The van der Waals surface area contributed by atoms with E-state index in [9.17, 15) is 8.42 Å². The monoisotopic (exact) mass is 246 g/mol. The van der Waals surface area contributed by atoms with E-state index >= 15 is 0 Å². The zero-order chi connectivity index (χ0) is 12.3. The van der Waals surface area contributed by atoms with Gasteiger partial charge in [0.2, 0.25) is 10.0 Å². The van der Waals surface area contributed by atoms with E-state index in [0.29, 0.717) is 23.6 Å². The number of nitrogen functional groups attached to an aromatic ring is 1. The maximum Gasteiger partial charge on any atom is 0.233 e. The Hall–Kier alpha value is -1.24. The predicted octanol–water partition coefficient (Wildman–Crippen LogP) is 0.853. The highest BCUT2D eigenvalue weighted by Crippen LogP contribution is 2.22. The van der Waals surface area contributed by atoms with Gasteiger partial charge in [-0.2, -0.15) is 5.10 Å². The zero-order valence-corrected chi connectivity index (χ0v) is 10.6. The van der Waals surface area contributed by atoms with Crippen LogP contribution in [0, 0.1) is 6.92 Å². The molecule has 1 rings (SSSR count). The van der Waals surface area contributed by atoms with Gasteiger partial charge < -0.3 is 5.73 Å². The van der Waals surface area contributed by atoms with Gasteiger partial charge >= 0.3 is 0 Å². The molecule has 0 amide bonds. The molecule has 0 unspecified atom stereocenters. The van der Waals surface area contributed by atoms with Gasteiger partial charge in [-0.3, -0.25) is 4.72 Å². The van der Waals surface area contributed by atoms with E-state index in [4.69, 9.17) is 5.73 Å². The number of nitrogens with two attached hydrogens (primary N) is 1. The molecule has 0 atom stereocenters. The van der Waals surface area contributed by atoms with Crippen molar-refractivity contribution in [2.75, 3.05) is 16.2 Å². The highest BCUT2D eigenvalue weighted by Gasteiger charge is 2.16. The average molecular weight is 246 g/mol. The third kappa shape index (κ3) is 2.88. The van der Waals surface area contributed by atoms with Crippen LogP contribution in [0.4, 0.5) is 11.5 Å². The largest absolute Gasteiger partial charge is 0.394 e. The molecular weight excluding hydrogens is 228 g/mol. The highest BCUT2D eigenvalue weighted by molar-refractivity contribution is 7.92. The molecule has 16 heavy (non-hydrogen) atoms. The maximum absolute atomic E-state index is 11.7. The van der Waals surface area contributed by atoms with Crippen molar-refractivity contribution in [1.29, 1.82) is 0 Å². The minimum absolute atomic E-state index is 0.104. The summed E-state index contributed by atoms with van der Waals surface area (Å²) >= 11 is 0. The van der Waals surface area contributed by atoms with Gasteiger partial charge in [-0.1, -0.05) is 13.3 Å². The molecule has 3 N–H and O–H groups in total. The van der Waals surface area contributed by atoms with E-state index in [1.807, 2.05) is 6.92 Å². The second-order valence-electron chi connectivity index (χ2n) is 3.75. The zero-order valence-electron chi connectivity index (χ0n) is 9.82. The Morgan fingerprint density at radius 3 is 2.56 bits per heavy atom. The molecule has 1 heterocycles. The van der Waals surface area contributed by atoms with Crippen molar-refractivity contribution < 1.29 is 8.42 Å². The fraction of sp³-hybridized carbons (Fsp3) is 0.667. The first-order chi connectivity index (χ1) is 7.37. The second-order valence-corrected chi connectivity index (χ2v) is 5.59. The molecule has 0 aliphatic heterocycles. The van der Waals surface area contributed by atoms with Gasteiger partial charge in [0.25, 0.3) is 0 Å². The number of rotatable bonds is 5. The minimum Gasteiger partial charge on any atom is -0.394 e. The van der Waals surface area contributed by atoms with Crippen LogP contribution in [0.3, 0.4) is 0 Å². The molecule has 92 valence electrons. The topological polar surface area (TPSA) is 90.0 Å². The number of hydrogen-bond acceptors (Lipinski definition) is 4. The first-order valence-electron chi connectivity index (χ1n) is 5.17. The molecule has 0 aliphatic carbocycles. The summed E-state index contributed by atoms with van der Waals surface area (Å²) in [6.07, 6.45) is 1.47. The van der Waals surface area contributed by atoms with Crippen molar-refractivity contribution in [3.8, 4) is 0 Å². The van der Waals surface area contributed by atoms with Crippen molar-refractivity contribution >= 4 is 21.5 Å². The van der Waals surface area contributed by atoms with Crippen LogP contribution in [0.5, 0.6) is 0 Å². The van der Waals surface area contributed by atoms with Gasteiger partial charge in [0.15, 0.2) is 5.82 Å². The van der Waals surface area contributed by atoms with Gasteiger partial charge in [0, 0.05) is 7.05 Å². The van der Waals surface area contributed by atoms with Gasteiger partial charge in [0.1, 0.15) is 0 Å². The number of sulfonamides is 1. The Labute approximate surface area is 95.9 Å². The standard InChI is InChI=1S/C9H18N4O2S/c1-4-5-6-16(14,15)12-9-8(10)7(2)11-13(9)3/h12H,4-6,10H2,1-3H3. The second kappa shape index (κ2) is 4.73. The Balaban J connectivity index is 2.88. The van der Waals surface area contributed by atoms with Crippen LogP contribution in [0.25, 0.3) is 0 Å². The summed E-state index contributed by atoms with van der Waals surface area (Å²) in [6, 6.07) is 0. The number of nitrogens with zero attached hydrogens (tertiary/aromatic N) is 2. The van der Waals surface area contributed by atoms with Crippen LogP contribution in [-0.4, -0.2) is 24.0 Å². The highest BCUT2D eigenvalue weighted by atomic mass is 32.2. The fourth-order valence-corrected chi connectivity index (χ4v) is 2.64. The smallest absolute Gasteiger partial charge is 0.233 e. The van der Waals surface area contributed by atoms with Gasteiger partial charge in [-0.25, -0.2) is 13.1 Å². The number of anilines is 2. The lowest BCUT2D eigenvalue weighted by atomic mass is 10.4. The van der Waals surface area contributed by atoms with Crippen molar-refractivity contribution in [2.24, 2.45) is 7.05 Å². The molecule has 6 nitrogen and oxygen atoms in total. The summed E-state index contributed by atoms with van der Waals surface area (Å²) in [6.45, 7) is 3.68. The Kier molecular flexibility index (Phi) is 3.79. The van der Waals surface area contributed by atoms with Crippen molar-refractivity contribution in [1.82, 2.24) is 9.78 Å². The number of aromatic nitrogens is 2. The first kappa shape index (κ1) is 12.8. The molecule has 7 heteroatoms. The van der Waals surface area contributed by atoms with E-state index in [0.717, 1.165) is 6.42 Å². The Morgan fingerprint density at radius 2 is 2.12 bits per heavy atom. The van der Waals surface area contributed by atoms with Crippen LogP contribution in [0.15, 0.2) is 0 Å². The number of nitrogens with one attached hydrogen (secondary N) is 1. The molecule has 0 bridgehead atoms. The summed E-state index contributed by atoms with van der Waals surface area (Å²) in [5, 5.41) is 4.04. The number of hydrogen-bond donors (Lipinski definition) is 2. The van der Waals surface area contributed by atoms with E-state index in [1.165, 1.54) is 4.68 Å². The van der Waals surface area contributed by atoms with Crippen LogP contribution < -0.4 is 10.5 Å². The normalized spacial score (nSPS) is 11.7. The lowest BCUT2D eigenvalue weighted by Gasteiger charge is -2.08. The fourth-order valence-electron chi connectivity index (χ4n) is 1.33. The van der Waals surface area contributed by atoms with Crippen molar-refractivity contribution in [3.05, 3.63) is 5.69 Å². The lowest BCUT2D eigenvalue weighted by molar-refractivity contribution is 0.597. The molecule has 1 aromatic rings.